The smallest absolute Gasteiger partial charge is 0.407 e. The van der Waals surface area contributed by atoms with Crippen LogP contribution in [0.5, 0.6) is 0 Å². The Morgan fingerprint density at radius 2 is 1.45 bits per heavy atom. The van der Waals surface area contributed by atoms with Crippen molar-refractivity contribution in [2.45, 2.75) is 90.5 Å². The highest BCUT2D eigenvalue weighted by atomic mass is 16.6. The highest BCUT2D eigenvalue weighted by Crippen LogP contribution is 2.22. The standard InChI is InChI=1S/C16H30N2O4/c1-15(2,3)18-14(20)21-12-9-7-11(8-10-12)17-13(19)22-16(4,5)6/h11-12H,7-10H2,1-6H3,(H,17,19)(H,18,20). The van der Waals surface area contributed by atoms with E-state index >= 15 is 0 Å². The summed E-state index contributed by atoms with van der Waals surface area (Å²) in [7, 11) is 0. The summed E-state index contributed by atoms with van der Waals surface area (Å²) in [5.74, 6) is 0. The van der Waals surface area contributed by atoms with Gasteiger partial charge in [-0.05, 0) is 67.2 Å². The molecule has 0 aromatic rings. The highest BCUT2D eigenvalue weighted by molar-refractivity contribution is 5.68. The Morgan fingerprint density at radius 1 is 0.909 bits per heavy atom. The fourth-order valence-electron chi connectivity index (χ4n) is 2.29. The second kappa shape index (κ2) is 7.20. The van der Waals surface area contributed by atoms with Crippen LogP contribution in [-0.4, -0.2) is 35.5 Å². The average Bonchev–Trinajstić information content (AvgIpc) is 2.26. The maximum absolute atomic E-state index is 11.7. The van der Waals surface area contributed by atoms with Gasteiger partial charge in [-0.3, -0.25) is 0 Å². The molecule has 0 atom stereocenters. The van der Waals surface area contributed by atoms with Crippen LogP contribution in [0.2, 0.25) is 0 Å². The van der Waals surface area contributed by atoms with Crippen molar-refractivity contribution < 1.29 is 19.1 Å². The summed E-state index contributed by atoms with van der Waals surface area (Å²) < 4.78 is 10.6. The van der Waals surface area contributed by atoms with Crippen molar-refractivity contribution in [3.05, 3.63) is 0 Å². The van der Waals surface area contributed by atoms with Gasteiger partial charge in [0.25, 0.3) is 0 Å². The first-order valence-corrected chi connectivity index (χ1v) is 7.93. The number of alkyl carbamates (subject to hydrolysis) is 2. The topological polar surface area (TPSA) is 76.7 Å². The molecule has 2 N–H and O–H groups in total. The number of ether oxygens (including phenoxy) is 2. The third-order valence-electron chi connectivity index (χ3n) is 3.15. The molecule has 0 bridgehead atoms. The molecule has 0 aromatic heterocycles. The lowest BCUT2D eigenvalue weighted by Gasteiger charge is -2.30. The van der Waals surface area contributed by atoms with E-state index in [9.17, 15) is 9.59 Å². The number of carbonyl (C=O) groups excluding carboxylic acids is 2. The number of nitrogens with one attached hydrogen (secondary N) is 2. The molecule has 0 spiro atoms. The van der Waals surface area contributed by atoms with Crippen molar-refractivity contribution in [1.82, 2.24) is 10.6 Å². The van der Waals surface area contributed by atoms with Crippen molar-refractivity contribution in [2.24, 2.45) is 0 Å². The minimum atomic E-state index is -0.491. The predicted octanol–water partition coefficient (Wildman–Crippen LogP) is 3.35. The number of rotatable bonds is 2. The van der Waals surface area contributed by atoms with Crippen LogP contribution in [-0.2, 0) is 9.47 Å². The number of amides is 2. The summed E-state index contributed by atoms with van der Waals surface area (Å²) in [6, 6.07) is 0.0837. The first kappa shape index (κ1) is 18.6. The largest absolute Gasteiger partial charge is 0.446 e. The zero-order chi connectivity index (χ0) is 17.0. The molecule has 1 aliphatic carbocycles. The minimum Gasteiger partial charge on any atom is -0.446 e. The van der Waals surface area contributed by atoms with E-state index in [2.05, 4.69) is 10.6 Å². The van der Waals surface area contributed by atoms with E-state index in [1.165, 1.54) is 0 Å². The molecule has 22 heavy (non-hydrogen) atoms. The van der Waals surface area contributed by atoms with Crippen molar-refractivity contribution in [3.63, 3.8) is 0 Å². The maximum Gasteiger partial charge on any atom is 0.407 e. The third-order valence-corrected chi connectivity index (χ3v) is 3.15. The van der Waals surface area contributed by atoms with Gasteiger partial charge in [-0.1, -0.05) is 0 Å². The van der Waals surface area contributed by atoms with Gasteiger partial charge in [0.05, 0.1) is 0 Å². The molecule has 1 rings (SSSR count). The molecule has 1 aliphatic rings. The van der Waals surface area contributed by atoms with E-state index in [0.717, 1.165) is 25.7 Å². The first-order valence-electron chi connectivity index (χ1n) is 7.93. The zero-order valence-electron chi connectivity index (χ0n) is 14.6. The van der Waals surface area contributed by atoms with Gasteiger partial charge in [0, 0.05) is 11.6 Å². The number of hydrogen-bond acceptors (Lipinski definition) is 4. The van der Waals surface area contributed by atoms with Crippen molar-refractivity contribution in [1.29, 1.82) is 0 Å². The molecule has 0 unspecified atom stereocenters. The van der Waals surface area contributed by atoms with Crippen molar-refractivity contribution in [2.75, 3.05) is 0 Å². The van der Waals surface area contributed by atoms with Crippen LogP contribution in [0.15, 0.2) is 0 Å². The van der Waals surface area contributed by atoms with Crippen LogP contribution in [0.3, 0.4) is 0 Å². The molecule has 0 aromatic carbocycles. The normalized spacial score (nSPS) is 22.6. The van der Waals surface area contributed by atoms with Gasteiger partial charge in [0.1, 0.15) is 11.7 Å². The van der Waals surface area contributed by atoms with Crippen LogP contribution < -0.4 is 10.6 Å². The molecule has 2 amide bonds. The quantitative estimate of drug-likeness (QED) is 0.819. The van der Waals surface area contributed by atoms with Crippen molar-refractivity contribution in [3.8, 4) is 0 Å². The molecular formula is C16H30N2O4. The predicted molar refractivity (Wildman–Crippen MR) is 84.8 cm³/mol. The second-order valence-electron chi connectivity index (χ2n) is 7.90. The monoisotopic (exact) mass is 314 g/mol. The average molecular weight is 314 g/mol. The summed E-state index contributed by atoms with van der Waals surface area (Å²) in [5, 5.41) is 5.65. The summed E-state index contributed by atoms with van der Waals surface area (Å²) in [4.78, 5) is 23.4. The van der Waals surface area contributed by atoms with E-state index in [0.29, 0.717) is 0 Å². The van der Waals surface area contributed by atoms with Crippen LogP contribution >= 0.6 is 0 Å². The van der Waals surface area contributed by atoms with Gasteiger partial charge >= 0.3 is 12.2 Å². The van der Waals surface area contributed by atoms with Crippen LogP contribution in [0.25, 0.3) is 0 Å². The lowest BCUT2D eigenvalue weighted by atomic mass is 9.93. The summed E-state index contributed by atoms with van der Waals surface area (Å²) >= 11 is 0. The number of carbonyl (C=O) groups is 2. The molecule has 0 saturated heterocycles. The molecule has 128 valence electrons. The molecule has 1 fully saturated rings. The maximum atomic E-state index is 11.7. The van der Waals surface area contributed by atoms with Gasteiger partial charge in [-0.25, -0.2) is 9.59 Å². The molecule has 0 radical (unpaired) electrons. The SMILES string of the molecule is CC(C)(C)NC(=O)OC1CCC(NC(=O)OC(C)(C)C)CC1. The van der Waals surface area contributed by atoms with E-state index < -0.39 is 5.60 Å². The summed E-state index contributed by atoms with van der Waals surface area (Å²) in [6.45, 7) is 11.3. The third kappa shape index (κ3) is 8.10. The Kier molecular flexibility index (Phi) is 6.08. The molecule has 6 nitrogen and oxygen atoms in total. The fraction of sp³-hybridized carbons (Fsp3) is 0.875. The first-order chi connectivity index (χ1) is 9.94. The molecule has 0 heterocycles. The van der Waals surface area contributed by atoms with Crippen molar-refractivity contribution >= 4 is 12.2 Å². The van der Waals surface area contributed by atoms with Gasteiger partial charge in [0.2, 0.25) is 0 Å². The van der Waals surface area contributed by atoms with E-state index in [-0.39, 0.29) is 29.9 Å². The van der Waals surface area contributed by atoms with E-state index in [4.69, 9.17) is 9.47 Å². The van der Waals surface area contributed by atoms with Gasteiger partial charge in [0.15, 0.2) is 0 Å². The zero-order valence-corrected chi connectivity index (χ0v) is 14.6. The summed E-state index contributed by atoms with van der Waals surface area (Å²) in [6.07, 6.45) is 2.22. The van der Waals surface area contributed by atoms with E-state index in [1.54, 1.807) is 0 Å². The van der Waals surface area contributed by atoms with Gasteiger partial charge < -0.3 is 20.1 Å². The molecule has 1 saturated carbocycles. The van der Waals surface area contributed by atoms with E-state index in [1.807, 2.05) is 41.5 Å². The summed E-state index contributed by atoms with van der Waals surface area (Å²) in [5.41, 5.74) is -0.790. The molecule has 0 aliphatic heterocycles. The Bertz CT molecular complexity index is 350. The van der Waals surface area contributed by atoms with Crippen LogP contribution in [0.4, 0.5) is 9.59 Å². The minimum absolute atomic E-state index is 0.0837. The lowest BCUT2D eigenvalue weighted by Crippen LogP contribution is -2.44. The fourth-order valence-corrected chi connectivity index (χ4v) is 2.29. The Hall–Kier alpha value is -1.46. The van der Waals surface area contributed by atoms with Gasteiger partial charge in [-0.2, -0.15) is 0 Å². The van der Waals surface area contributed by atoms with Crippen LogP contribution in [0, 0.1) is 0 Å². The highest BCUT2D eigenvalue weighted by Gasteiger charge is 2.27. The Balaban J connectivity index is 2.29. The van der Waals surface area contributed by atoms with Gasteiger partial charge in [-0.15, -0.1) is 0 Å². The number of hydrogen-bond donors (Lipinski definition) is 2. The lowest BCUT2D eigenvalue weighted by molar-refractivity contribution is 0.0416. The molecular weight excluding hydrogens is 284 g/mol. The Labute approximate surface area is 133 Å². The second-order valence-corrected chi connectivity index (χ2v) is 7.90. The van der Waals surface area contributed by atoms with Crippen LogP contribution in [0.1, 0.15) is 67.2 Å². The molecule has 6 heteroatoms. The Morgan fingerprint density at radius 3 is 1.91 bits per heavy atom.